The second kappa shape index (κ2) is 5.39. The van der Waals surface area contributed by atoms with Crippen LogP contribution in [-0.2, 0) is 6.61 Å². The number of aromatic nitrogens is 1. The Kier molecular flexibility index (Phi) is 3.44. The van der Waals surface area contributed by atoms with Crippen molar-refractivity contribution >= 4 is 22.5 Å². The molecule has 0 atom stereocenters. The summed E-state index contributed by atoms with van der Waals surface area (Å²) in [6.07, 6.45) is 1.43. The molecule has 100 valence electrons. The molecule has 0 radical (unpaired) electrons. The number of fused-ring (bicyclic) bond motifs is 1. The third-order valence-electron chi connectivity index (χ3n) is 3.06. The van der Waals surface area contributed by atoms with Crippen molar-refractivity contribution in [2.45, 2.75) is 6.61 Å². The molecule has 3 nitrogen and oxygen atoms in total. The molecular weight excluding hydrogens is 274 g/mol. The second-order valence-corrected chi connectivity index (χ2v) is 4.88. The van der Waals surface area contributed by atoms with E-state index in [1.54, 1.807) is 24.3 Å². The molecule has 0 N–H and O–H groups in total. The van der Waals surface area contributed by atoms with Crippen LogP contribution in [0, 0.1) is 5.21 Å². The fraction of sp³-hybridized carbons (Fsp3) is 0.0625. The van der Waals surface area contributed by atoms with Crippen molar-refractivity contribution in [3.63, 3.8) is 0 Å². The van der Waals surface area contributed by atoms with Crippen molar-refractivity contribution in [1.29, 1.82) is 0 Å². The van der Waals surface area contributed by atoms with Gasteiger partial charge in [-0.1, -0.05) is 41.9 Å². The molecule has 0 unspecified atom stereocenters. The molecule has 0 amide bonds. The summed E-state index contributed by atoms with van der Waals surface area (Å²) >= 11 is 5.92. The van der Waals surface area contributed by atoms with Gasteiger partial charge in [-0.3, -0.25) is 0 Å². The number of ether oxygens (including phenoxy) is 1. The van der Waals surface area contributed by atoms with Crippen molar-refractivity contribution in [3.8, 4) is 5.75 Å². The maximum Gasteiger partial charge on any atom is 0.229 e. The first-order valence-electron chi connectivity index (χ1n) is 6.22. The average molecular weight is 286 g/mol. The highest BCUT2D eigenvalue weighted by atomic mass is 35.5. The molecule has 1 aromatic heterocycles. The molecule has 3 aromatic rings. The summed E-state index contributed by atoms with van der Waals surface area (Å²) in [6.45, 7) is 0.460. The molecule has 0 fully saturated rings. The monoisotopic (exact) mass is 285 g/mol. The van der Waals surface area contributed by atoms with Crippen LogP contribution in [0.25, 0.3) is 10.9 Å². The minimum Gasteiger partial charge on any atom is -0.618 e. The fourth-order valence-electron chi connectivity index (χ4n) is 2.06. The van der Waals surface area contributed by atoms with Gasteiger partial charge in [-0.15, -0.1) is 0 Å². The molecule has 0 saturated carbocycles. The van der Waals surface area contributed by atoms with E-state index in [1.807, 2.05) is 30.3 Å². The zero-order chi connectivity index (χ0) is 13.9. The Hall–Kier alpha value is -2.26. The molecule has 3 rings (SSSR count). The van der Waals surface area contributed by atoms with Crippen LogP contribution in [0.15, 0.2) is 60.8 Å². The third-order valence-corrected chi connectivity index (χ3v) is 3.30. The number of hydrogen-bond acceptors (Lipinski definition) is 2. The van der Waals surface area contributed by atoms with Gasteiger partial charge in [0.05, 0.1) is 5.39 Å². The Labute approximate surface area is 121 Å². The lowest BCUT2D eigenvalue weighted by atomic mass is 10.2. The van der Waals surface area contributed by atoms with Crippen molar-refractivity contribution in [2.24, 2.45) is 0 Å². The summed E-state index contributed by atoms with van der Waals surface area (Å²) in [5, 5.41) is 13.0. The van der Waals surface area contributed by atoms with Crippen molar-refractivity contribution in [2.75, 3.05) is 0 Å². The summed E-state index contributed by atoms with van der Waals surface area (Å²) in [4.78, 5) is 0. The van der Waals surface area contributed by atoms with E-state index in [-0.39, 0.29) is 0 Å². The molecule has 0 aliphatic rings. The molecule has 20 heavy (non-hydrogen) atoms. The Morgan fingerprint density at radius 3 is 2.65 bits per heavy atom. The molecule has 0 saturated heterocycles. The Balaban J connectivity index is 1.94. The number of rotatable bonds is 3. The van der Waals surface area contributed by atoms with Gasteiger partial charge in [0.25, 0.3) is 0 Å². The maximum atomic E-state index is 11.8. The lowest BCUT2D eigenvalue weighted by molar-refractivity contribution is -0.577. The zero-order valence-electron chi connectivity index (χ0n) is 10.6. The molecule has 4 heteroatoms. The Morgan fingerprint density at radius 1 is 1.05 bits per heavy atom. The van der Waals surface area contributed by atoms with Crippen molar-refractivity contribution in [1.82, 2.24) is 0 Å². The largest absolute Gasteiger partial charge is 0.618 e. The van der Waals surface area contributed by atoms with Crippen LogP contribution in [0.1, 0.15) is 5.56 Å². The van der Waals surface area contributed by atoms with Gasteiger partial charge in [-0.25, -0.2) is 0 Å². The summed E-state index contributed by atoms with van der Waals surface area (Å²) < 4.78 is 6.59. The van der Waals surface area contributed by atoms with Crippen LogP contribution in [0.4, 0.5) is 0 Å². The molecule has 1 heterocycles. The van der Waals surface area contributed by atoms with Gasteiger partial charge in [0.15, 0.2) is 6.20 Å². The minimum atomic E-state index is 0.460. The van der Waals surface area contributed by atoms with Gasteiger partial charge in [-0.05, 0) is 17.7 Å². The van der Waals surface area contributed by atoms with E-state index < -0.39 is 0 Å². The summed E-state index contributed by atoms with van der Waals surface area (Å²) in [5.41, 5.74) is 1.58. The first-order valence-corrected chi connectivity index (χ1v) is 6.60. The van der Waals surface area contributed by atoms with Crippen LogP contribution in [0.2, 0.25) is 5.02 Å². The lowest BCUT2D eigenvalue weighted by Gasteiger charge is -2.09. The Morgan fingerprint density at radius 2 is 1.85 bits per heavy atom. The number of nitrogens with zero attached hydrogens (tertiary/aromatic N) is 1. The van der Waals surface area contributed by atoms with Crippen LogP contribution in [0.3, 0.4) is 0 Å². The van der Waals surface area contributed by atoms with E-state index >= 15 is 0 Å². The van der Waals surface area contributed by atoms with Crippen molar-refractivity contribution in [3.05, 3.63) is 76.6 Å². The molecule has 0 bridgehead atoms. The molecule has 0 aliphatic carbocycles. The van der Waals surface area contributed by atoms with Gasteiger partial charge >= 0.3 is 0 Å². The summed E-state index contributed by atoms with van der Waals surface area (Å²) in [6, 6.07) is 16.7. The smallest absolute Gasteiger partial charge is 0.229 e. The van der Waals surface area contributed by atoms with E-state index in [0.29, 0.717) is 22.9 Å². The topological polar surface area (TPSA) is 36.2 Å². The number of pyridine rings is 1. The number of hydrogen-bond donors (Lipinski definition) is 0. The summed E-state index contributed by atoms with van der Waals surface area (Å²) in [5.74, 6) is 0.674. The Bertz CT molecular complexity index is 744. The molecule has 0 spiro atoms. The van der Waals surface area contributed by atoms with E-state index in [9.17, 15) is 5.21 Å². The highest BCUT2D eigenvalue weighted by Gasteiger charge is 2.10. The first kappa shape index (κ1) is 12.8. The van der Waals surface area contributed by atoms with Gasteiger partial charge in [0.1, 0.15) is 12.4 Å². The van der Waals surface area contributed by atoms with E-state index in [1.165, 1.54) is 6.20 Å². The second-order valence-electron chi connectivity index (χ2n) is 4.44. The minimum absolute atomic E-state index is 0.460. The quantitative estimate of drug-likeness (QED) is 0.543. The zero-order valence-corrected chi connectivity index (χ0v) is 11.4. The van der Waals surface area contributed by atoms with Gasteiger partial charge in [0.2, 0.25) is 5.52 Å². The van der Waals surface area contributed by atoms with Crippen LogP contribution in [-0.4, -0.2) is 0 Å². The maximum absolute atomic E-state index is 11.8. The van der Waals surface area contributed by atoms with Gasteiger partial charge < -0.3 is 9.94 Å². The van der Waals surface area contributed by atoms with Crippen molar-refractivity contribution < 1.29 is 9.47 Å². The number of benzene rings is 2. The van der Waals surface area contributed by atoms with E-state index in [0.717, 1.165) is 15.7 Å². The van der Waals surface area contributed by atoms with Crippen LogP contribution >= 0.6 is 11.6 Å². The van der Waals surface area contributed by atoms with Crippen LogP contribution < -0.4 is 9.47 Å². The van der Waals surface area contributed by atoms with E-state index in [2.05, 4.69) is 0 Å². The van der Waals surface area contributed by atoms with Crippen LogP contribution in [0.5, 0.6) is 5.75 Å². The number of halogens is 1. The van der Waals surface area contributed by atoms with Gasteiger partial charge in [0, 0.05) is 17.2 Å². The summed E-state index contributed by atoms with van der Waals surface area (Å²) in [7, 11) is 0. The van der Waals surface area contributed by atoms with Gasteiger partial charge in [-0.2, -0.15) is 4.73 Å². The lowest BCUT2D eigenvalue weighted by Crippen LogP contribution is -2.26. The predicted molar refractivity (Wildman–Crippen MR) is 78.7 cm³/mol. The third kappa shape index (κ3) is 2.53. The molecule has 2 aromatic carbocycles. The highest BCUT2D eigenvalue weighted by Crippen LogP contribution is 2.26. The predicted octanol–water partition coefficient (Wildman–Crippen LogP) is 3.71. The van der Waals surface area contributed by atoms with E-state index in [4.69, 9.17) is 16.3 Å². The molecular formula is C16H12ClNO2. The molecule has 0 aliphatic heterocycles. The average Bonchev–Trinajstić information content (AvgIpc) is 2.48. The fourth-order valence-corrected chi connectivity index (χ4v) is 2.23. The normalized spacial score (nSPS) is 10.7. The standard InChI is InChI=1S/C16H12ClNO2/c17-13-6-7-14-15(10-13)18(19)9-8-16(14)20-11-12-4-2-1-3-5-12/h1-10H,11H2. The first-order chi connectivity index (χ1) is 9.74. The highest BCUT2D eigenvalue weighted by molar-refractivity contribution is 6.31. The SMILES string of the molecule is [O-][n+]1ccc(OCc2ccccc2)c2ccc(Cl)cc21.